The van der Waals surface area contributed by atoms with Gasteiger partial charge in [-0.25, -0.2) is 4.98 Å². The van der Waals surface area contributed by atoms with Crippen molar-refractivity contribution in [1.82, 2.24) is 14.4 Å². The van der Waals surface area contributed by atoms with Gasteiger partial charge in [-0.15, -0.1) is 0 Å². The molecule has 0 bridgehead atoms. The zero-order valence-corrected chi connectivity index (χ0v) is 14.7. The Bertz CT molecular complexity index is 1050. The summed E-state index contributed by atoms with van der Waals surface area (Å²) in [5.74, 6) is 0.733. The fourth-order valence-electron chi connectivity index (χ4n) is 2.74. The average molecular weight is 367 g/mol. The Labute approximate surface area is 153 Å². The number of benzene rings is 1. The van der Waals surface area contributed by atoms with Crippen molar-refractivity contribution in [3.8, 4) is 11.6 Å². The summed E-state index contributed by atoms with van der Waals surface area (Å²) in [6.45, 7) is 0.545. The number of H-pyrrole nitrogens is 1. The molecule has 0 unspecified atom stereocenters. The first-order valence-corrected chi connectivity index (χ1v) is 9.04. The molecule has 26 heavy (non-hydrogen) atoms. The molecule has 1 aromatic carbocycles. The molecule has 0 aliphatic heterocycles. The third kappa shape index (κ3) is 3.62. The third-order valence-corrected chi connectivity index (χ3v) is 4.90. The molecule has 132 valence electrons. The van der Waals surface area contributed by atoms with E-state index in [0.29, 0.717) is 17.9 Å². The molecular formula is C19H17N3O3S. The molecule has 0 aliphatic carbocycles. The Hall–Kier alpha value is -3.06. The molecule has 3 heterocycles. The summed E-state index contributed by atoms with van der Waals surface area (Å²) in [5.41, 5.74) is 2.93. The van der Waals surface area contributed by atoms with Crippen LogP contribution in [0, 0.1) is 0 Å². The first kappa shape index (κ1) is 16.4. The van der Waals surface area contributed by atoms with Gasteiger partial charge < -0.3 is 14.2 Å². The highest BCUT2D eigenvalue weighted by molar-refractivity contribution is 7.09. The number of hydrogen-bond donors (Lipinski definition) is 2. The zero-order valence-electron chi connectivity index (χ0n) is 13.9. The van der Waals surface area contributed by atoms with Crippen molar-refractivity contribution in [2.24, 2.45) is 0 Å². The third-order valence-electron chi connectivity index (χ3n) is 4.03. The first-order valence-electron chi connectivity index (χ1n) is 8.23. The summed E-state index contributed by atoms with van der Waals surface area (Å²) in [6.07, 6.45) is 5.23. The number of fused-ring (bicyclic) bond motifs is 1. The smallest absolute Gasteiger partial charge is 0.307 e. The molecule has 0 atom stereocenters. The lowest BCUT2D eigenvalue weighted by atomic mass is 10.1. The second-order valence-electron chi connectivity index (χ2n) is 5.90. The van der Waals surface area contributed by atoms with E-state index in [4.69, 9.17) is 4.74 Å². The highest BCUT2D eigenvalue weighted by Crippen LogP contribution is 2.21. The highest BCUT2D eigenvalue weighted by Gasteiger charge is 2.08. The van der Waals surface area contributed by atoms with Crippen LogP contribution < -0.4 is 9.61 Å². The van der Waals surface area contributed by atoms with Gasteiger partial charge in [0.05, 0.1) is 17.2 Å². The molecular weight excluding hydrogens is 350 g/mol. The van der Waals surface area contributed by atoms with Crippen LogP contribution in [0.1, 0.15) is 16.1 Å². The minimum Gasteiger partial charge on any atom is -0.494 e. The predicted molar refractivity (Wildman–Crippen MR) is 100 cm³/mol. The maximum Gasteiger partial charge on any atom is 0.307 e. The standard InChI is InChI=1S/C19H17N3O3S/c23-18-16(26-19(24)21-18)11-13-4-6-15(7-5-13)25-10-8-14-12-22-9-2-1-3-17(22)20-14/h1-7,9,12,23H,8,10-11H2,(H,21,24). The number of pyridine rings is 1. The average Bonchev–Trinajstić information content (AvgIpc) is 3.18. The predicted octanol–water partition coefficient (Wildman–Crippen LogP) is 3.00. The Kier molecular flexibility index (Phi) is 4.45. The van der Waals surface area contributed by atoms with Crippen LogP contribution >= 0.6 is 11.3 Å². The minimum absolute atomic E-state index is 0.0484. The molecule has 4 rings (SSSR count). The second-order valence-corrected chi connectivity index (χ2v) is 6.97. The van der Waals surface area contributed by atoms with E-state index in [9.17, 15) is 9.90 Å². The molecule has 2 N–H and O–H groups in total. The summed E-state index contributed by atoms with van der Waals surface area (Å²) in [7, 11) is 0. The number of nitrogens with one attached hydrogen (secondary N) is 1. The number of aromatic nitrogens is 3. The van der Waals surface area contributed by atoms with Gasteiger partial charge in [-0.2, -0.15) is 0 Å². The number of nitrogens with zero attached hydrogens (tertiary/aromatic N) is 2. The van der Waals surface area contributed by atoms with Crippen LogP contribution in [0.5, 0.6) is 11.6 Å². The Morgan fingerprint density at radius 3 is 2.77 bits per heavy atom. The maximum atomic E-state index is 11.2. The fraction of sp³-hybridized carbons (Fsp3) is 0.158. The molecule has 0 amide bonds. The van der Waals surface area contributed by atoms with Crippen molar-refractivity contribution in [3.05, 3.63) is 80.7 Å². The quantitative estimate of drug-likeness (QED) is 0.549. The van der Waals surface area contributed by atoms with Gasteiger partial charge in [-0.1, -0.05) is 29.5 Å². The lowest BCUT2D eigenvalue weighted by molar-refractivity contribution is 0.320. The van der Waals surface area contributed by atoms with Crippen molar-refractivity contribution < 1.29 is 9.84 Å². The number of hydrogen-bond acceptors (Lipinski definition) is 5. The van der Waals surface area contributed by atoms with Crippen molar-refractivity contribution in [3.63, 3.8) is 0 Å². The van der Waals surface area contributed by atoms with Crippen LogP contribution in [0.25, 0.3) is 5.65 Å². The molecule has 0 spiro atoms. The Morgan fingerprint density at radius 2 is 2.04 bits per heavy atom. The van der Waals surface area contributed by atoms with Crippen LogP contribution in [-0.2, 0) is 12.8 Å². The number of aromatic hydroxyl groups is 1. The normalized spacial score (nSPS) is 11.1. The van der Waals surface area contributed by atoms with Crippen LogP contribution in [0.3, 0.4) is 0 Å². The molecule has 0 saturated heterocycles. The molecule has 0 fully saturated rings. The van der Waals surface area contributed by atoms with Gasteiger partial charge in [0.2, 0.25) is 5.88 Å². The number of imidazole rings is 1. The molecule has 6 nitrogen and oxygen atoms in total. The maximum absolute atomic E-state index is 11.2. The summed E-state index contributed by atoms with van der Waals surface area (Å²) in [5, 5.41) is 9.65. The fourth-order valence-corrected chi connectivity index (χ4v) is 3.50. The minimum atomic E-state index is -0.246. The van der Waals surface area contributed by atoms with Crippen molar-refractivity contribution in [2.45, 2.75) is 12.8 Å². The highest BCUT2D eigenvalue weighted by atomic mass is 32.1. The number of ether oxygens (including phenoxy) is 1. The van der Waals surface area contributed by atoms with Gasteiger partial charge in [-0.05, 0) is 29.8 Å². The van der Waals surface area contributed by atoms with Crippen molar-refractivity contribution in [1.29, 1.82) is 0 Å². The van der Waals surface area contributed by atoms with Gasteiger partial charge >= 0.3 is 4.87 Å². The van der Waals surface area contributed by atoms with E-state index < -0.39 is 0 Å². The molecule has 0 saturated carbocycles. The van der Waals surface area contributed by atoms with E-state index >= 15 is 0 Å². The monoisotopic (exact) mass is 367 g/mol. The summed E-state index contributed by atoms with van der Waals surface area (Å²) in [4.78, 5) is 18.5. The lowest BCUT2D eigenvalue weighted by Gasteiger charge is -2.06. The first-order chi connectivity index (χ1) is 12.7. The van der Waals surface area contributed by atoms with Gasteiger partial charge in [0.15, 0.2) is 0 Å². The Balaban J connectivity index is 1.34. The van der Waals surface area contributed by atoms with E-state index in [1.165, 1.54) is 0 Å². The topological polar surface area (TPSA) is 79.6 Å². The van der Waals surface area contributed by atoms with Crippen molar-refractivity contribution >= 4 is 17.0 Å². The second kappa shape index (κ2) is 7.05. The number of rotatable bonds is 6. The summed E-state index contributed by atoms with van der Waals surface area (Å²) >= 11 is 1.03. The van der Waals surface area contributed by atoms with Gasteiger partial charge in [0.25, 0.3) is 0 Å². The zero-order chi connectivity index (χ0) is 17.9. The molecule has 0 radical (unpaired) electrons. The van der Waals surface area contributed by atoms with E-state index in [0.717, 1.165) is 40.4 Å². The van der Waals surface area contributed by atoms with E-state index in [1.54, 1.807) is 0 Å². The van der Waals surface area contributed by atoms with Crippen LogP contribution in [0.4, 0.5) is 0 Å². The van der Waals surface area contributed by atoms with E-state index in [2.05, 4.69) is 9.97 Å². The van der Waals surface area contributed by atoms with E-state index in [-0.39, 0.29) is 10.8 Å². The van der Waals surface area contributed by atoms with Crippen LogP contribution in [0.2, 0.25) is 0 Å². The molecule has 0 aliphatic rings. The number of aromatic amines is 1. The van der Waals surface area contributed by atoms with Gasteiger partial charge in [-0.3, -0.25) is 9.78 Å². The lowest BCUT2D eigenvalue weighted by Crippen LogP contribution is -2.01. The summed E-state index contributed by atoms with van der Waals surface area (Å²) < 4.78 is 7.78. The SMILES string of the molecule is O=c1[nH]c(O)c(Cc2ccc(OCCc3cn4ccccc4n3)cc2)s1. The van der Waals surface area contributed by atoms with Crippen molar-refractivity contribution in [2.75, 3.05) is 6.61 Å². The largest absolute Gasteiger partial charge is 0.494 e. The Morgan fingerprint density at radius 1 is 1.19 bits per heavy atom. The van der Waals surface area contributed by atoms with Gasteiger partial charge in [0.1, 0.15) is 11.4 Å². The van der Waals surface area contributed by atoms with Gasteiger partial charge in [0, 0.05) is 25.2 Å². The molecule has 7 heteroatoms. The molecule has 3 aromatic heterocycles. The van der Waals surface area contributed by atoms with Crippen LogP contribution in [0.15, 0.2) is 59.7 Å². The summed E-state index contributed by atoms with van der Waals surface area (Å²) in [6, 6.07) is 13.6. The van der Waals surface area contributed by atoms with Crippen LogP contribution in [-0.4, -0.2) is 26.1 Å². The molecule has 4 aromatic rings. The number of thiazole rings is 1. The van der Waals surface area contributed by atoms with E-state index in [1.807, 2.05) is 59.3 Å².